The van der Waals surface area contributed by atoms with Gasteiger partial charge in [-0.3, -0.25) is 4.79 Å². The molecule has 0 saturated carbocycles. The Morgan fingerprint density at radius 2 is 1.87 bits per heavy atom. The van der Waals surface area contributed by atoms with Gasteiger partial charge in [0, 0.05) is 17.9 Å². The summed E-state index contributed by atoms with van der Waals surface area (Å²) in [7, 11) is 0. The van der Waals surface area contributed by atoms with E-state index < -0.39 is 0 Å². The second-order valence-corrected chi connectivity index (χ2v) is 4.78. The van der Waals surface area contributed by atoms with E-state index >= 15 is 0 Å². The van der Waals surface area contributed by atoms with Gasteiger partial charge >= 0.3 is 0 Å². The molecule has 78 valence electrons. The summed E-state index contributed by atoms with van der Waals surface area (Å²) < 4.78 is 0. The second-order valence-electron chi connectivity index (χ2n) is 4.26. The van der Waals surface area contributed by atoms with E-state index in [-0.39, 0.29) is 5.91 Å². The lowest BCUT2D eigenvalue weighted by molar-refractivity contribution is -0.119. The van der Waals surface area contributed by atoms with Crippen molar-refractivity contribution in [3.63, 3.8) is 0 Å². The number of carbonyl (C=O) groups excluding carboxylic acids is 1. The molecule has 2 aliphatic rings. The van der Waals surface area contributed by atoms with Crippen molar-refractivity contribution in [2.75, 3.05) is 11.4 Å². The second kappa shape index (κ2) is 3.27. The quantitative estimate of drug-likeness (QED) is 0.663. The number of anilines is 1. The highest BCUT2D eigenvalue weighted by atomic mass is 32.1. The van der Waals surface area contributed by atoms with Crippen molar-refractivity contribution in [1.82, 2.24) is 0 Å². The number of benzene rings is 1. The maximum atomic E-state index is 11.8. The van der Waals surface area contributed by atoms with Gasteiger partial charge in [0.05, 0.1) is 5.69 Å². The average molecular weight is 219 g/mol. The normalized spacial score (nSPS) is 19.0. The van der Waals surface area contributed by atoms with Gasteiger partial charge in [-0.2, -0.15) is 0 Å². The molecule has 2 nitrogen and oxygen atoms in total. The largest absolute Gasteiger partial charge is 0.312 e. The summed E-state index contributed by atoms with van der Waals surface area (Å²) in [5.74, 6) is 0.287. The maximum Gasteiger partial charge on any atom is 0.227 e. The summed E-state index contributed by atoms with van der Waals surface area (Å²) in [6.45, 7) is 0.894. The summed E-state index contributed by atoms with van der Waals surface area (Å²) in [4.78, 5) is 14.8. The van der Waals surface area contributed by atoms with Crippen LogP contribution in [0.2, 0.25) is 0 Å². The van der Waals surface area contributed by atoms with Gasteiger partial charge in [0.15, 0.2) is 0 Å². The van der Waals surface area contributed by atoms with Crippen LogP contribution < -0.4 is 4.90 Å². The Morgan fingerprint density at radius 3 is 2.67 bits per heavy atom. The molecular weight excluding hydrogens is 206 g/mol. The van der Waals surface area contributed by atoms with E-state index in [0.717, 1.165) is 30.7 Å². The molecule has 0 aliphatic carbocycles. The molecule has 0 fully saturated rings. The zero-order valence-electron chi connectivity index (χ0n) is 8.49. The molecule has 2 heterocycles. The molecule has 0 radical (unpaired) electrons. The first-order valence-electron chi connectivity index (χ1n) is 5.41. The Kier molecular flexibility index (Phi) is 2.02. The molecule has 15 heavy (non-hydrogen) atoms. The van der Waals surface area contributed by atoms with Crippen molar-refractivity contribution < 1.29 is 4.79 Å². The van der Waals surface area contributed by atoms with Crippen LogP contribution in [0.15, 0.2) is 17.0 Å². The first kappa shape index (κ1) is 9.28. The van der Waals surface area contributed by atoms with Crippen molar-refractivity contribution in [2.24, 2.45) is 0 Å². The van der Waals surface area contributed by atoms with E-state index in [9.17, 15) is 4.79 Å². The highest BCUT2D eigenvalue weighted by Crippen LogP contribution is 2.37. The third kappa shape index (κ3) is 1.37. The minimum Gasteiger partial charge on any atom is -0.312 e. The molecule has 0 spiro atoms. The van der Waals surface area contributed by atoms with Crippen molar-refractivity contribution in [3.05, 3.63) is 23.3 Å². The standard InChI is InChI=1S/C12H13NOS/c14-11-4-3-9-7-10(15)6-8-2-1-5-13(11)12(8)9/h6-7,15H,1-5H2. The smallest absolute Gasteiger partial charge is 0.227 e. The number of rotatable bonds is 0. The van der Waals surface area contributed by atoms with Crippen molar-refractivity contribution in [3.8, 4) is 0 Å². The predicted octanol–water partition coefficient (Wildman–Crippen LogP) is 2.20. The van der Waals surface area contributed by atoms with Gasteiger partial charge < -0.3 is 4.90 Å². The third-order valence-electron chi connectivity index (χ3n) is 3.26. The lowest BCUT2D eigenvalue weighted by Gasteiger charge is -2.35. The zero-order chi connectivity index (χ0) is 10.4. The Balaban J connectivity index is 2.22. The van der Waals surface area contributed by atoms with Gasteiger partial charge in [-0.05, 0) is 42.5 Å². The molecular formula is C12H13NOS. The Hall–Kier alpha value is -0.960. The number of hydrogen-bond donors (Lipinski definition) is 1. The lowest BCUT2D eigenvalue weighted by atomic mass is 9.92. The van der Waals surface area contributed by atoms with E-state index in [2.05, 4.69) is 24.8 Å². The van der Waals surface area contributed by atoms with Crippen LogP contribution in [0.3, 0.4) is 0 Å². The van der Waals surface area contributed by atoms with Crippen LogP contribution in [0, 0.1) is 0 Å². The van der Waals surface area contributed by atoms with Crippen LogP contribution in [0.1, 0.15) is 24.0 Å². The van der Waals surface area contributed by atoms with Crippen molar-refractivity contribution in [2.45, 2.75) is 30.6 Å². The number of nitrogens with zero attached hydrogens (tertiary/aromatic N) is 1. The van der Waals surface area contributed by atoms with Crippen LogP contribution in [0.25, 0.3) is 0 Å². The SMILES string of the molecule is O=C1CCc2cc(S)cc3c2N1CCC3. The first-order valence-corrected chi connectivity index (χ1v) is 5.85. The van der Waals surface area contributed by atoms with Crippen LogP contribution >= 0.6 is 12.6 Å². The zero-order valence-corrected chi connectivity index (χ0v) is 9.39. The molecule has 3 rings (SSSR count). The van der Waals surface area contributed by atoms with Gasteiger partial charge in [0.2, 0.25) is 5.91 Å². The molecule has 0 unspecified atom stereocenters. The molecule has 3 heteroatoms. The van der Waals surface area contributed by atoms with Crippen LogP contribution in [0.4, 0.5) is 5.69 Å². The lowest BCUT2D eigenvalue weighted by Crippen LogP contribution is -2.39. The fraction of sp³-hybridized carbons (Fsp3) is 0.417. The molecule has 2 aliphatic heterocycles. The van der Waals surface area contributed by atoms with E-state index in [0.29, 0.717) is 6.42 Å². The van der Waals surface area contributed by atoms with Crippen LogP contribution in [-0.2, 0) is 17.6 Å². The molecule has 0 atom stereocenters. The van der Waals surface area contributed by atoms with Crippen molar-refractivity contribution in [1.29, 1.82) is 0 Å². The fourth-order valence-corrected chi connectivity index (χ4v) is 2.95. The summed E-state index contributed by atoms with van der Waals surface area (Å²) in [5, 5.41) is 0. The number of thiol groups is 1. The topological polar surface area (TPSA) is 20.3 Å². The summed E-state index contributed by atoms with van der Waals surface area (Å²) in [6, 6.07) is 4.21. The number of amides is 1. The molecule has 0 saturated heterocycles. The maximum absolute atomic E-state index is 11.8. The highest BCUT2D eigenvalue weighted by Gasteiger charge is 2.29. The molecule has 1 amide bonds. The van der Waals surface area contributed by atoms with E-state index in [1.165, 1.54) is 16.8 Å². The molecule has 0 N–H and O–H groups in total. The molecule has 0 aromatic heterocycles. The fourth-order valence-electron chi connectivity index (χ4n) is 2.63. The monoisotopic (exact) mass is 219 g/mol. The van der Waals surface area contributed by atoms with Crippen LogP contribution in [0.5, 0.6) is 0 Å². The first-order chi connectivity index (χ1) is 7.25. The number of aryl methyl sites for hydroxylation is 2. The summed E-state index contributed by atoms with van der Waals surface area (Å²) >= 11 is 4.41. The van der Waals surface area contributed by atoms with E-state index in [1.54, 1.807) is 0 Å². The van der Waals surface area contributed by atoms with E-state index in [4.69, 9.17) is 0 Å². The Labute approximate surface area is 94.7 Å². The Morgan fingerprint density at radius 1 is 1.13 bits per heavy atom. The third-order valence-corrected chi connectivity index (χ3v) is 3.52. The number of carbonyl (C=O) groups is 1. The number of hydrogen-bond acceptors (Lipinski definition) is 2. The summed E-state index contributed by atoms with van der Waals surface area (Å²) in [5.41, 5.74) is 3.80. The molecule has 1 aromatic carbocycles. The highest BCUT2D eigenvalue weighted by molar-refractivity contribution is 7.80. The predicted molar refractivity (Wildman–Crippen MR) is 62.7 cm³/mol. The Bertz CT molecular complexity index is 424. The average Bonchev–Trinajstić information content (AvgIpc) is 2.23. The van der Waals surface area contributed by atoms with Gasteiger partial charge in [-0.15, -0.1) is 12.6 Å². The van der Waals surface area contributed by atoms with Gasteiger partial charge in [-0.25, -0.2) is 0 Å². The summed E-state index contributed by atoms with van der Waals surface area (Å²) in [6.07, 6.45) is 3.70. The van der Waals surface area contributed by atoms with Gasteiger partial charge in [0.1, 0.15) is 0 Å². The van der Waals surface area contributed by atoms with Gasteiger partial charge in [0.25, 0.3) is 0 Å². The molecule has 0 bridgehead atoms. The minimum absolute atomic E-state index is 0.287. The van der Waals surface area contributed by atoms with Gasteiger partial charge in [-0.1, -0.05) is 0 Å². The molecule has 1 aromatic rings. The van der Waals surface area contributed by atoms with E-state index in [1.807, 2.05) is 4.90 Å². The van der Waals surface area contributed by atoms with Crippen molar-refractivity contribution >= 4 is 24.2 Å². The minimum atomic E-state index is 0.287. The van der Waals surface area contributed by atoms with Crippen LogP contribution in [-0.4, -0.2) is 12.5 Å².